The van der Waals surface area contributed by atoms with Crippen LogP contribution in [-0.4, -0.2) is 22.4 Å². The number of aromatic nitrogens is 1. The highest BCUT2D eigenvalue weighted by atomic mass is 19.1. The second-order valence-electron chi connectivity index (χ2n) is 8.79. The highest BCUT2D eigenvalue weighted by Crippen LogP contribution is 2.28. The van der Waals surface area contributed by atoms with Crippen LogP contribution in [-0.2, 0) is 4.84 Å². The lowest BCUT2D eigenvalue weighted by Crippen LogP contribution is -2.37. The monoisotopic (exact) mass is 429 g/mol. The molecule has 164 valence electrons. The SMILES string of the molecule is CC(C)(C)O/N=C(\Oc1ccc[n+]([O-])c1C(=O)c1cc(C#N)c(F)cc1O)C(C)(C)C. The molecular weight excluding hydrogens is 405 g/mol. The summed E-state index contributed by atoms with van der Waals surface area (Å²) >= 11 is 0. The number of ketones is 1. The van der Waals surface area contributed by atoms with Crippen molar-refractivity contribution in [3.63, 3.8) is 0 Å². The maximum absolute atomic E-state index is 13.7. The van der Waals surface area contributed by atoms with Crippen molar-refractivity contribution < 1.29 is 28.6 Å². The molecule has 0 fully saturated rings. The summed E-state index contributed by atoms with van der Waals surface area (Å²) in [5.41, 5.74) is -2.60. The van der Waals surface area contributed by atoms with Gasteiger partial charge in [0.15, 0.2) is 6.20 Å². The van der Waals surface area contributed by atoms with E-state index in [1.54, 1.807) is 47.6 Å². The summed E-state index contributed by atoms with van der Waals surface area (Å²) in [4.78, 5) is 18.5. The smallest absolute Gasteiger partial charge is 0.308 e. The van der Waals surface area contributed by atoms with E-state index in [-0.39, 0.29) is 16.4 Å². The predicted octanol–water partition coefficient (Wildman–Crippen LogP) is 3.82. The summed E-state index contributed by atoms with van der Waals surface area (Å²) in [5.74, 6) is -2.70. The Labute approximate surface area is 179 Å². The number of oxime groups is 1. The number of carbonyl (C=O) groups is 1. The number of ether oxygens (including phenoxy) is 1. The molecule has 31 heavy (non-hydrogen) atoms. The quantitative estimate of drug-likeness (QED) is 0.197. The minimum atomic E-state index is -0.988. The Balaban J connectivity index is 2.58. The first-order chi connectivity index (χ1) is 14.2. The minimum Gasteiger partial charge on any atom is -0.618 e. The van der Waals surface area contributed by atoms with Gasteiger partial charge in [-0.3, -0.25) is 4.79 Å². The fourth-order valence-electron chi connectivity index (χ4n) is 2.31. The van der Waals surface area contributed by atoms with Crippen molar-refractivity contribution in [3.8, 4) is 17.6 Å². The fraction of sp³-hybridized carbons (Fsp3) is 0.364. The van der Waals surface area contributed by atoms with E-state index < -0.39 is 45.2 Å². The van der Waals surface area contributed by atoms with Crippen molar-refractivity contribution in [2.24, 2.45) is 10.6 Å². The van der Waals surface area contributed by atoms with E-state index in [0.29, 0.717) is 6.07 Å². The second-order valence-corrected chi connectivity index (χ2v) is 8.79. The number of phenolic OH excluding ortho intramolecular Hbond substituents is 1. The molecule has 1 N–H and O–H groups in total. The molecule has 0 unspecified atom stereocenters. The highest BCUT2D eigenvalue weighted by Gasteiger charge is 2.31. The van der Waals surface area contributed by atoms with E-state index in [9.17, 15) is 19.5 Å². The van der Waals surface area contributed by atoms with Gasteiger partial charge in [0.25, 0.3) is 5.78 Å². The first kappa shape index (κ1) is 23.6. The van der Waals surface area contributed by atoms with Crippen molar-refractivity contribution in [2.45, 2.75) is 47.1 Å². The third-order valence-electron chi connectivity index (χ3n) is 3.84. The number of benzene rings is 1. The molecule has 0 aliphatic heterocycles. The molecule has 0 saturated carbocycles. The molecule has 0 atom stereocenters. The zero-order valence-electron chi connectivity index (χ0n) is 18.2. The molecule has 2 aromatic rings. The Morgan fingerprint density at radius 2 is 1.90 bits per heavy atom. The number of carbonyl (C=O) groups excluding carboxylic acids is 1. The molecule has 1 aromatic heterocycles. The average molecular weight is 429 g/mol. The molecule has 0 radical (unpaired) electrons. The lowest BCUT2D eigenvalue weighted by Gasteiger charge is -2.23. The Morgan fingerprint density at radius 1 is 1.26 bits per heavy atom. The number of hydrogen-bond acceptors (Lipinski definition) is 7. The first-order valence-electron chi connectivity index (χ1n) is 9.38. The number of rotatable bonds is 4. The Bertz CT molecular complexity index is 1080. The normalized spacial score (nSPS) is 12.3. The molecule has 0 aliphatic carbocycles. The van der Waals surface area contributed by atoms with Gasteiger partial charge in [-0.05, 0) is 32.9 Å². The highest BCUT2D eigenvalue weighted by molar-refractivity contribution is 6.10. The van der Waals surface area contributed by atoms with Crippen molar-refractivity contribution in [1.82, 2.24) is 0 Å². The van der Waals surface area contributed by atoms with Gasteiger partial charge in [0.05, 0.1) is 11.1 Å². The van der Waals surface area contributed by atoms with Crippen molar-refractivity contribution >= 4 is 11.7 Å². The summed E-state index contributed by atoms with van der Waals surface area (Å²) in [6.07, 6.45) is 1.07. The topological polar surface area (TPSA) is 119 Å². The van der Waals surface area contributed by atoms with Gasteiger partial charge in [0.2, 0.25) is 11.6 Å². The molecule has 1 heterocycles. The van der Waals surface area contributed by atoms with E-state index in [1.807, 2.05) is 0 Å². The van der Waals surface area contributed by atoms with Gasteiger partial charge in [0, 0.05) is 17.5 Å². The third-order valence-corrected chi connectivity index (χ3v) is 3.84. The van der Waals surface area contributed by atoms with Crippen LogP contribution in [0.5, 0.6) is 11.5 Å². The Kier molecular flexibility index (Phi) is 6.55. The zero-order chi connectivity index (χ0) is 23.6. The number of phenols is 1. The Hall–Kier alpha value is -3.67. The van der Waals surface area contributed by atoms with E-state index in [1.165, 1.54) is 12.1 Å². The van der Waals surface area contributed by atoms with Crippen molar-refractivity contribution in [1.29, 1.82) is 5.26 Å². The summed E-state index contributed by atoms with van der Waals surface area (Å²) in [6, 6.07) is 5.86. The van der Waals surface area contributed by atoms with Crippen LogP contribution in [0, 0.1) is 27.8 Å². The minimum absolute atomic E-state index is 0.101. The lowest BCUT2D eigenvalue weighted by atomic mass is 9.96. The van der Waals surface area contributed by atoms with Crippen molar-refractivity contribution in [2.75, 3.05) is 0 Å². The standard InChI is InChI=1S/C22H24FN3O5/c1-21(2,3)20(25-31-22(4,5)6)30-17-8-7-9-26(29)18(17)19(28)14-10-13(12-24)15(23)11-16(14)27/h7-11,27H,1-6H3/b25-20-. The molecule has 8 nitrogen and oxygen atoms in total. The molecule has 0 spiro atoms. The van der Waals surface area contributed by atoms with Crippen LogP contribution < -0.4 is 9.47 Å². The van der Waals surface area contributed by atoms with E-state index in [4.69, 9.17) is 14.8 Å². The maximum Gasteiger partial charge on any atom is 0.308 e. The molecule has 0 saturated heterocycles. The van der Waals surface area contributed by atoms with Gasteiger partial charge in [-0.15, -0.1) is 0 Å². The van der Waals surface area contributed by atoms with Crippen LogP contribution in [0.2, 0.25) is 0 Å². The maximum atomic E-state index is 13.7. The molecule has 9 heteroatoms. The second kappa shape index (κ2) is 8.60. The Morgan fingerprint density at radius 3 is 2.45 bits per heavy atom. The van der Waals surface area contributed by atoms with Crippen LogP contribution in [0.4, 0.5) is 4.39 Å². The molecule has 0 aliphatic rings. The number of hydrogen-bond donors (Lipinski definition) is 1. The van der Waals surface area contributed by atoms with Gasteiger partial charge in [-0.2, -0.15) is 9.99 Å². The van der Waals surface area contributed by atoms with E-state index >= 15 is 0 Å². The lowest BCUT2D eigenvalue weighted by molar-refractivity contribution is -0.607. The van der Waals surface area contributed by atoms with Gasteiger partial charge < -0.3 is 19.9 Å². The first-order valence-corrected chi connectivity index (χ1v) is 9.38. The summed E-state index contributed by atoms with van der Waals surface area (Å²) < 4.78 is 19.8. The van der Waals surface area contributed by atoms with Crippen LogP contribution in [0.25, 0.3) is 0 Å². The molecule has 2 rings (SSSR count). The average Bonchev–Trinajstić information content (AvgIpc) is 2.63. The van der Waals surface area contributed by atoms with Crippen LogP contribution in [0.1, 0.15) is 63.2 Å². The summed E-state index contributed by atoms with van der Waals surface area (Å²) in [7, 11) is 0. The van der Waals surface area contributed by atoms with Crippen LogP contribution >= 0.6 is 0 Å². The molecule has 0 amide bonds. The summed E-state index contributed by atoms with van der Waals surface area (Å²) in [5, 5.41) is 35.6. The third kappa shape index (κ3) is 5.69. The molecular formula is C22H24FN3O5. The molecule has 0 bridgehead atoms. The number of aromatic hydroxyl groups is 1. The van der Waals surface area contributed by atoms with Crippen molar-refractivity contribution in [3.05, 3.63) is 58.3 Å². The number of halogens is 1. The number of nitriles is 1. The van der Waals surface area contributed by atoms with Gasteiger partial charge >= 0.3 is 5.69 Å². The van der Waals surface area contributed by atoms with Gasteiger partial charge in [-0.1, -0.05) is 25.9 Å². The van der Waals surface area contributed by atoms with E-state index in [0.717, 1.165) is 12.3 Å². The van der Waals surface area contributed by atoms with Crippen LogP contribution in [0.3, 0.4) is 0 Å². The molecule has 1 aromatic carbocycles. The van der Waals surface area contributed by atoms with Crippen LogP contribution in [0.15, 0.2) is 35.6 Å². The zero-order valence-corrected chi connectivity index (χ0v) is 18.2. The van der Waals surface area contributed by atoms with Gasteiger partial charge in [-0.25, -0.2) is 4.39 Å². The predicted molar refractivity (Wildman–Crippen MR) is 110 cm³/mol. The number of nitrogens with zero attached hydrogens (tertiary/aromatic N) is 3. The number of pyridine rings is 1. The largest absolute Gasteiger partial charge is 0.618 e. The van der Waals surface area contributed by atoms with E-state index in [2.05, 4.69) is 5.16 Å². The van der Waals surface area contributed by atoms with Gasteiger partial charge in [0.1, 0.15) is 23.2 Å². The summed E-state index contributed by atoms with van der Waals surface area (Å²) in [6.45, 7) is 10.8. The fourth-order valence-corrected chi connectivity index (χ4v) is 2.31.